The minimum atomic E-state index is -2.97. The largest absolute Gasteiger partial charge is 0.434 e. The minimum Gasteiger partial charge on any atom is -0.434 e. The molecule has 0 radical (unpaired) electrons. The number of nitrogens with two attached hydrogens (primary N) is 1. The Morgan fingerprint density at radius 2 is 1.89 bits per heavy atom. The van der Waals surface area contributed by atoms with Gasteiger partial charge in [0.15, 0.2) is 17.5 Å². The summed E-state index contributed by atoms with van der Waals surface area (Å²) in [6, 6.07) is 5.97. The highest BCUT2D eigenvalue weighted by Crippen LogP contribution is 2.29. The van der Waals surface area contributed by atoms with Crippen molar-refractivity contribution >= 4 is 5.82 Å². The van der Waals surface area contributed by atoms with Gasteiger partial charge in [0.1, 0.15) is 5.75 Å². The second-order valence-electron chi connectivity index (χ2n) is 3.71. The van der Waals surface area contributed by atoms with Gasteiger partial charge in [-0.05, 0) is 19.1 Å². The number of nitrogen functional groups attached to an aromatic ring is 1. The van der Waals surface area contributed by atoms with Crippen molar-refractivity contribution < 1.29 is 17.9 Å². The van der Waals surface area contributed by atoms with E-state index in [9.17, 15) is 13.2 Å². The van der Waals surface area contributed by atoms with E-state index in [0.29, 0.717) is 0 Å². The number of ether oxygens (including phenoxy) is 1. The Balaban J connectivity index is 2.53. The Hall–Kier alpha value is -2.31. The zero-order chi connectivity index (χ0) is 14.0. The predicted molar refractivity (Wildman–Crippen MR) is 63.2 cm³/mol. The summed E-state index contributed by atoms with van der Waals surface area (Å²) in [5.74, 6) is -1.12. The number of aryl methyl sites for hydroxylation is 1. The highest BCUT2D eigenvalue weighted by Gasteiger charge is 2.15. The average molecular weight is 269 g/mol. The van der Waals surface area contributed by atoms with Crippen molar-refractivity contribution in [3.05, 3.63) is 35.8 Å². The van der Waals surface area contributed by atoms with Crippen molar-refractivity contribution in [3.63, 3.8) is 0 Å². The van der Waals surface area contributed by atoms with Crippen molar-refractivity contribution in [3.8, 4) is 17.1 Å². The third-order valence-electron chi connectivity index (χ3n) is 2.39. The van der Waals surface area contributed by atoms with Crippen LogP contribution in [0.4, 0.5) is 19.0 Å². The fourth-order valence-electron chi connectivity index (χ4n) is 1.55. The Morgan fingerprint density at radius 3 is 2.53 bits per heavy atom. The summed E-state index contributed by atoms with van der Waals surface area (Å²) >= 11 is 0. The summed E-state index contributed by atoms with van der Waals surface area (Å²) in [5, 5.41) is 0. The van der Waals surface area contributed by atoms with Gasteiger partial charge in [0.05, 0.1) is 11.3 Å². The van der Waals surface area contributed by atoms with Crippen LogP contribution < -0.4 is 10.5 Å². The molecule has 0 atom stereocenters. The number of anilines is 1. The van der Waals surface area contributed by atoms with Gasteiger partial charge < -0.3 is 10.5 Å². The van der Waals surface area contributed by atoms with Gasteiger partial charge in [-0.1, -0.05) is 12.1 Å². The van der Waals surface area contributed by atoms with Crippen LogP contribution in [-0.2, 0) is 0 Å². The summed E-state index contributed by atoms with van der Waals surface area (Å²) in [6.07, 6.45) is 0. The van der Waals surface area contributed by atoms with Crippen molar-refractivity contribution in [2.45, 2.75) is 13.5 Å². The van der Waals surface area contributed by atoms with Gasteiger partial charge in [0, 0.05) is 0 Å². The monoisotopic (exact) mass is 269 g/mol. The fraction of sp³-hybridized carbons (Fsp3) is 0.167. The van der Waals surface area contributed by atoms with Crippen molar-refractivity contribution in [1.82, 2.24) is 9.97 Å². The molecule has 0 unspecified atom stereocenters. The van der Waals surface area contributed by atoms with Gasteiger partial charge in [-0.25, -0.2) is 14.4 Å². The Kier molecular flexibility index (Phi) is 3.55. The molecule has 0 aliphatic rings. The van der Waals surface area contributed by atoms with Crippen LogP contribution in [0.2, 0.25) is 0 Å². The van der Waals surface area contributed by atoms with Crippen molar-refractivity contribution in [2.24, 2.45) is 0 Å². The van der Waals surface area contributed by atoms with Gasteiger partial charge in [0.25, 0.3) is 0 Å². The van der Waals surface area contributed by atoms with Gasteiger partial charge in [0.2, 0.25) is 0 Å². The van der Waals surface area contributed by atoms with Crippen LogP contribution in [0, 0.1) is 12.7 Å². The molecule has 0 aliphatic carbocycles. The lowest BCUT2D eigenvalue weighted by Gasteiger charge is -2.10. The Labute approximate surface area is 107 Å². The van der Waals surface area contributed by atoms with E-state index in [4.69, 9.17) is 5.73 Å². The molecule has 0 fully saturated rings. The molecule has 0 amide bonds. The van der Waals surface area contributed by atoms with Crippen molar-refractivity contribution in [1.29, 1.82) is 0 Å². The molecule has 1 aromatic heterocycles. The molecule has 0 saturated heterocycles. The quantitative estimate of drug-likeness (QED) is 0.930. The summed E-state index contributed by atoms with van der Waals surface area (Å²) in [5.41, 5.74) is 5.65. The topological polar surface area (TPSA) is 61.0 Å². The van der Waals surface area contributed by atoms with Crippen LogP contribution in [0.3, 0.4) is 0 Å². The van der Waals surface area contributed by atoms with E-state index in [-0.39, 0.29) is 28.6 Å². The van der Waals surface area contributed by atoms with Crippen LogP contribution >= 0.6 is 0 Å². The Morgan fingerprint density at radius 1 is 1.21 bits per heavy atom. The summed E-state index contributed by atoms with van der Waals surface area (Å²) in [6.45, 7) is -1.56. The number of aromatic nitrogens is 2. The summed E-state index contributed by atoms with van der Waals surface area (Å²) in [7, 11) is 0. The smallest absolute Gasteiger partial charge is 0.387 e. The molecule has 0 bridgehead atoms. The van der Waals surface area contributed by atoms with Gasteiger partial charge >= 0.3 is 6.61 Å². The first-order chi connectivity index (χ1) is 8.99. The predicted octanol–water partition coefficient (Wildman–Crippen LogP) is 2.77. The molecule has 1 heterocycles. The lowest BCUT2D eigenvalue weighted by Crippen LogP contribution is -2.06. The Bertz CT molecular complexity index is 582. The van der Waals surface area contributed by atoms with Crippen LogP contribution in [0.1, 0.15) is 5.69 Å². The third-order valence-corrected chi connectivity index (χ3v) is 2.39. The number of hydrogen-bond donors (Lipinski definition) is 1. The van der Waals surface area contributed by atoms with Crippen LogP contribution in [0.5, 0.6) is 5.75 Å². The maximum atomic E-state index is 13.3. The van der Waals surface area contributed by atoms with Gasteiger partial charge in [-0.2, -0.15) is 8.78 Å². The second kappa shape index (κ2) is 5.13. The average Bonchev–Trinajstić information content (AvgIpc) is 2.35. The number of nitrogens with zero attached hydrogens (tertiary/aromatic N) is 2. The van der Waals surface area contributed by atoms with E-state index in [1.807, 2.05) is 0 Å². The van der Waals surface area contributed by atoms with Crippen LogP contribution in [0.25, 0.3) is 11.4 Å². The molecule has 100 valence electrons. The number of benzene rings is 1. The fourth-order valence-corrected chi connectivity index (χ4v) is 1.55. The maximum absolute atomic E-state index is 13.3. The normalized spacial score (nSPS) is 10.8. The molecule has 4 nitrogen and oxygen atoms in total. The van der Waals surface area contributed by atoms with Gasteiger partial charge in [-0.15, -0.1) is 0 Å². The highest BCUT2D eigenvalue weighted by molar-refractivity contribution is 5.65. The molecule has 2 rings (SSSR count). The summed E-state index contributed by atoms with van der Waals surface area (Å²) < 4.78 is 42.3. The number of alkyl halides is 2. The lowest BCUT2D eigenvalue weighted by atomic mass is 10.2. The zero-order valence-electron chi connectivity index (χ0n) is 9.90. The number of para-hydroxylation sites is 1. The highest BCUT2D eigenvalue weighted by atomic mass is 19.3. The van der Waals surface area contributed by atoms with E-state index in [1.54, 1.807) is 6.07 Å². The molecule has 7 heteroatoms. The zero-order valence-corrected chi connectivity index (χ0v) is 9.90. The maximum Gasteiger partial charge on any atom is 0.387 e. The van der Waals surface area contributed by atoms with E-state index < -0.39 is 12.4 Å². The third kappa shape index (κ3) is 2.75. The van der Waals surface area contributed by atoms with Crippen LogP contribution in [-0.4, -0.2) is 16.6 Å². The molecular formula is C12H10F3N3O. The number of rotatable bonds is 3. The van der Waals surface area contributed by atoms with Crippen LogP contribution in [0.15, 0.2) is 24.3 Å². The molecular weight excluding hydrogens is 259 g/mol. The van der Waals surface area contributed by atoms with Gasteiger partial charge in [-0.3, -0.25) is 0 Å². The lowest BCUT2D eigenvalue weighted by molar-refractivity contribution is -0.0494. The molecule has 0 aliphatic heterocycles. The molecule has 2 aromatic rings. The standard InChI is InChI=1S/C12H10F3N3O/c1-6-9(13)10(16)18-11(17-6)7-4-2-3-5-8(7)19-12(14)15/h2-5,12H,1H3,(H2,16,17,18). The SMILES string of the molecule is Cc1nc(-c2ccccc2OC(F)F)nc(N)c1F. The molecule has 1 aromatic carbocycles. The first kappa shape index (κ1) is 13.1. The number of hydrogen-bond acceptors (Lipinski definition) is 4. The molecule has 0 saturated carbocycles. The minimum absolute atomic E-state index is 0.0349. The van der Waals surface area contributed by atoms with E-state index in [2.05, 4.69) is 14.7 Å². The van der Waals surface area contributed by atoms with E-state index >= 15 is 0 Å². The molecule has 0 spiro atoms. The summed E-state index contributed by atoms with van der Waals surface area (Å²) in [4.78, 5) is 7.62. The first-order valence-corrected chi connectivity index (χ1v) is 5.33. The molecule has 2 N–H and O–H groups in total. The first-order valence-electron chi connectivity index (χ1n) is 5.33. The molecule has 19 heavy (non-hydrogen) atoms. The second-order valence-corrected chi connectivity index (χ2v) is 3.71. The number of halogens is 3. The van der Waals surface area contributed by atoms with Crippen molar-refractivity contribution in [2.75, 3.05) is 5.73 Å². The van der Waals surface area contributed by atoms with E-state index in [1.165, 1.54) is 25.1 Å². The van der Waals surface area contributed by atoms with E-state index in [0.717, 1.165) is 0 Å².